The van der Waals surface area contributed by atoms with Crippen LogP contribution in [0.15, 0.2) is 42.5 Å². The number of rotatable bonds is 6. The van der Waals surface area contributed by atoms with E-state index in [1.165, 1.54) is 11.0 Å². The summed E-state index contributed by atoms with van der Waals surface area (Å²) in [5.41, 5.74) is 18.9. The van der Waals surface area contributed by atoms with Crippen LogP contribution < -0.4 is 41.8 Å². The Hall–Kier alpha value is -4.13. The van der Waals surface area contributed by atoms with E-state index in [0.29, 0.717) is 29.3 Å². The SMILES string of the molecule is CN1C(=O)C(N)COc2ccc(CCC(N)=O)cc21.CNC1COc2ccc(/C=C/C(N)=O)cc2N(C)C1=O.Cl. The summed E-state index contributed by atoms with van der Waals surface area (Å²) in [6.07, 6.45) is 3.69. The van der Waals surface area contributed by atoms with Gasteiger partial charge in [-0.25, -0.2) is 0 Å². The number of anilines is 2. The van der Waals surface area contributed by atoms with Crippen LogP contribution in [0.5, 0.6) is 11.5 Å². The van der Waals surface area contributed by atoms with Crippen LogP contribution >= 0.6 is 12.4 Å². The van der Waals surface area contributed by atoms with Crippen molar-refractivity contribution in [1.82, 2.24) is 5.32 Å². The van der Waals surface area contributed by atoms with E-state index in [1.807, 2.05) is 12.1 Å². The Morgan fingerprint density at radius 2 is 1.57 bits per heavy atom. The molecule has 40 heavy (non-hydrogen) atoms. The van der Waals surface area contributed by atoms with Gasteiger partial charge in [-0.3, -0.25) is 19.2 Å². The first-order valence-electron chi connectivity index (χ1n) is 12.3. The van der Waals surface area contributed by atoms with Crippen molar-refractivity contribution in [2.24, 2.45) is 17.2 Å². The van der Waals surface area contributed by atoms with Gasteiger partial charge in [-0.1, -0.05) is 12.1 Å². The van der Waals surface area contributed by atoms with Crippen molar-refractivity contribution in [2.45, 2.75) is 24.9 Å². The van der Waals surface area contributed by atoms with Gasteiger partial charge in [-0.2, -0.15) is 0 Å². The number of likely N-dealkylation sites (N-methyl/N-ethyl adjacent to an activating group) is 3. The van der Waals surface area contributed by atoms with Crippen molar-refractivity contribution in [3.8, 4) is 11.5 Å². The summed E-state index contributed by atoms with van der Waals surface area (Å²) in [5.74, 6) is 0.128. The Morgan fingerprint density at radius 3 is 2.20 bits per heavy atom. The van der Waals surface area contributed by atoms with E-state index in [2.05, 4.69) is 5.32 Å². The minimum absolute atomic E-state index is 0. The summed E-state index contributed by atoms with van der Waals surface area (Å²) in [6, 6.07) is 9.79. The highest BCUT2D eigenvalue weighted by molar-refractivity contribution is 6.00. The highest BCUT2D eigenvalue weighted by atomic mass is 35.5. The molecular formula is C27H35ClN6O6. The Labute approximate surface area is 238 Å². The van der Waals surface area contributed by atoms with Crippen LogP contribution in [-0.2, 0) is 25.6 Å². The molecule has 216 valence electrons. The standard InChI is InChI=1S/C14H17N3O3.C13H17N3O3.ClH/c1-16-10-8-20-12-5-3-9(4-6-13(15)18)7-11(12)17(2)14(10)19;1-16-10-6-8(3-5-12(15)17)2-4-11(10)19-7-9(14)13(16)18;/h3-7,10,16H,8H2,1-2H3,(H2,15,18);2,4,6,9H,3,5,7,14H2,1H3,(H2,15,17);1H/b6-4+;;. The molecule has 2 atom stereocenters. The largest absolute Gasteiger partial charge is 0.489 e. The number of carbonyl (C=O) groups excluding carboxylic acids is 4. The molecule has 2 aliphatic rings. The average molecular weight is 575 g/mol. The van der Waals surface area contributed by atoms with Crippen molar-refractivity contribution in [1.29, 1.82) is 0 Å². The van der Waals surface area contributed by atoms with Crippen LogP contribution in [0.25, 0.3) is 6.08 Å². The van der Waals surface area contributed by atoms with E-state index in [4.69, 9.17) is 26.7 Å². The third-order valence-electron chi connectivity index (χ3n) is 6.28. The number of hydrogen-bond acceptors (Lipinski definition) is 8. The number of nitrogens with two attached hydrogens (primary N) is 3. The molecule has 2 unspecified atom stereocenters. The van der Waals surface area contributed by atoms with Gasteiger partial charge in [0, 0.05) is 26.6 Å². The number of fused-ring (bicyclic) bond motifs is 2. The molecule has 4 amide bonds. The number of benzene rings is 2. The fraction of sp³-hybridized carbons (Fsp3) is 0.333. The first-order chi connectivity index (χ1) is 18.5. The van der Waals surface area contributed by atoms with E-state index in [-0.39, 0.29) is 55.8 Å². The molecule has 0 saturated heterocycles. The van der Waals surface area contributed by atoms with Gasteiger partial charge in [0.05, 0.1) is 11.4 Å². The smallest absolute Gasteiger partial charge is 0.247 e. The number of amides is 4. The van der Waals surface area contributed by atoms with Crippen LogP contribution in [0.4, 0.5) is 11.4 Å². The molecule has 12 nitrogen and oxygen atoms in total. The van der Waals surface area contributed by atoms with E-state index in [9.17, 15) is 19.2 Å². The lowest BCUT2D eigenvalue weighted by atomic mass is 10.1. The van der Waals surface area contributed by atoms with Crippen LogP contribution in [0.2, 0.25) is 0 Å². The molecule has 7 N–H and O–H groups in total. The molecule has 0 bridgehead atoms. The number of ether oxygens (including phenoxy) is 2. The maximum absolute atomic E-state index is 12.2. The summed E-state index contributed by atoms with van der Waals surface area (Å²) in [7, 11) is 5.08. The molecule has 0 aliphatic carbocycles. The summed E-state index contributed by atoms with van der Waals surface area (Å²) in [5, 5.41) is 2.92. The molecule has 13 heteroatoms. The van der Waals surface area contributed by atoms with E-state index in [0.717, 1.165) is 11.1 Å². The highest BCUT2D eigenvalue weighted by Gasteiger charge is 2.28. The molecule has 0 spiro atoms. The number of halogens is 1. The van der Waals surface area contributed by atoms with Gasteiger partial charge in [0.1, 0.15) is 36.8 Å². The minimum atomic E-state index is -0.661. The maximum Gasteiger partial charge on any atom is 0.247 e. The molecule has 2 heterocycles. The number of carbonyl (C=O) groups is 4. The van der Waals surface area contributed by atoms with Crippen LogP contribution in [0.1, 0.15) is 17.5 Å². The molecule has 0 radical (unpaired) electrons. The van der Waals surface area contributed by atoms with Gasteiger partial charge < -0.3 is 41.8 Å². The molecule has 4 rings (SSSR count). The van der Waals surface area contributed by atoms with Crippen molar-refractivity contribution >= 4 is 53.5 Å². The van der Waals surface area contributed by atoms with Gasteiger partial charge in [-0.05, 0) is 54.9 Å². The van der Waals surface area contributed by atoms with E-state index < -0.39 is 11.9 Å². The van der Waals surface area contributed by atoms with Gasteiger partial charge >= 0.3 is 0 Å². The number of nitrogens with one attached hydrogen (secondary N) is 1. The number of nitrogens with zero attached hydrogens (tertiary/aromatic N) is 2. The fourth-order valence-electron chi connectivity index (χ4n) is 3.99. The van der Waals surface area contributed by atoms with Crippen LogP contribution in [0, 0.1) is 0 Å². The summed E-state index contributed by atoms with van der Waals surface area (Å²) >= 11 is 0. The molecule has 2 aromatic carbocycles. The molecule has 0 aromatic heterocycles. The first kappa shape index (κ1) is 32.1. The fourth-order valence-corrected chi connectivity index (χ4v) is 3.99. The summed E-state index contributed by atoms with van der Waals surface area (Å²) < 4.78 is 11.1. The molecular weight excluding hydrogens is 540 g/mol. The lowest BCUT2D eigenvalue weighted by Crippen LogP contribution is -2.45. The van der Waals surface area contributed by atoms with Crippen molar-refractivity contribution in [3.05, 3.63) is 53.6 Å². The Balaban J connectivity index is 0.000000274. The van der Waals surface area contributed by atoms with Crippen LogP contribution in [-0.4, -0.2) is 70.1 Å². The number of hydrogen-bond donors (Lipinski definition) is 4. The van der Waals surface area contributed by atoms with Gasteiger partial charge in [0.25, 0.3) is 0 Å². The topological polar surface area (TPSA) is 183 Å². The van der Waals surface area contributed by atoms with Crippen molar-refractivity contribution in [2.75, 3.05) is 44.2 Å². The second-order valence-corrected chi connectivity index (χ2v) is 9.10. The zero-order valence-electron chi connectivity index (χ0n) is 22.6. The number of aryl methyl sites for hydroxylation is 1. The summed E-state index contributed by atoms with van der Waals surface area (Å²) in [6.45, 7) is 0.444. The third kappa shape index (κ3) is 7.94. The highest BCUT2D eigenvalue weighted by Crippen LogP contribution is 2.33. The maximum atomic E-state index is 12.2. The zero-order valence-corrected chi connectivity index (χ0v) is 23.4. The van der Waals surface area contributed by atoms with E-state index >= 15 is 0 Å². The minimum Gasteiger partial charge on any atom is -0.489 e. The van der Waals surface area contributed by atoms with Gasteiger partial charge in [-0.15, -0.1) is 12.4 Å². The number of primary amides is 2. The Bertz CT molecular complexity index is 1290. The predicted octanol–water partition coefficient (Wildman–Crippen LogP) is 0.337. The zero-order chi connectivity index (χ0) is 28.7. The van der Waals surface area contributed by atoms with Gasteiger partial charge in [0.15, 0.2) is 0 Å². The molecule has 0 fully saturated rings. The average Bonchev–Trinajstić information content (AvgIpc) is 3.11. The lowest BCUT2D eigenvalue weighted by Gasteiger charge is -2.19. The first-order valence-corrected chi connectivity index (χ1v) is 12.3. The Kier molecular flexibility index (Phi) is 11.5. The molecule has 2 aromatic rings. The second-order valence-electron chi connectivity index (χ2n) is 9.10. The summed E-state index contributed by atoms with van der Waals surface area (Å²) in [4.78, 5) is 48.7. The van der Waals surface area contributed by atoms with Crippen LogP contribution in [0.3, 0.4) is 0 Å². The van der Waals surface area contributed by atoms with Crippen molar-refractivity contribution < 1.29 is 28.7 Å². The Morgan fingerprint density at radius 1 is 0.975 bits per heavy atom. The quantitative estimate of drug-likeness (QED) is 0.356. The lowest BCUT2D eigenvalue weighted by molar-refractivity contribution is -0.121. The van der Waals surface area contributed by atoms with E-state index in [1.54, 1.807) is 56.4 Å². The predicted molar refractivity (Wildman–Crippen MR) is 155 cm³/mol. The monoisotopic (exact) mass is 574 g/mol. The third-order valence-corrected chi connectivity index (χ3v) is 6.28. The molecule has 2 aliphatic heterocycles. The van der Waals surface area contributed by atoms with Gasteiger partial charge in [0.2, 0.25) is 23.6 Å². The second kappa shape index (κ2) is 14.3. The molecule has 0 saturated carbocycles. The van der Waals surface area contributed by atoms with Crippen molar-refractivity contribution in [3.63, 3.8) is 0 Å². The normalized spacial score (nSPS) is 18.1.